The first-order valence-corrected chi connectivity index (χ1v) is 6.35. The van der Waals surface area contributed by atoms with E-state index in [-0.39, 0.29) is 11.4 Å². The first kappa shape index (κ1) is 16.3. The summed E-state index contributed by atoms with van der Waals surface area (Å²) in [6.07, 6.45) is -4.65. The molecule has 1 heterocycles. The molecule has 20 heavy (non-hydrogen) atoms. The Morgan fingerprint density at radius 1 is 1.40 bits per heavy atom. The van der Waals surface area contributed by atoms with Crippen LogP contribution in [0.15, 0.2) is 12.1 Å². The van der Waals surface area contributed by atoms with E-state index in [0.29, 0.717) is 0 Å². The van der Waals surface area contributed by atoms with Gasteiger partial charge in [-0.15, -0.1) is 11.3 Å². The molecule has 1 rings (SSSR count). The summed E-state index contributed by atoms with van der Waals surface area (Å²) in [4.78, 5) is 24.1. The molecule has 0 aliphatic carbocycles. The number of carboxylic acid groups (broad SMARTS) is 1. The molecule has 0 aliphatic rings. The highest BCUT2D eigenvalue weighted by Crippen LogP contribution is 2.17. The number of nitrogens with zero attached hydrogens (tertiary/aromatic N) is 1. The lowest BCUT2D eigenvalue weighted by Gasteiger charge is -2.22. The number of carbonyl (C=O) groups is 2. The third kappa shape index (κ3) is 5.91. The average molecular weight is 310 g/mol. The van der Waals surface area contributed by atoms with Crippen LogP contribution < -0.4 is 5.32 Å². The topological polar surface area (TPSA) is 69.6 Å². The summed E-state index contributed by atoms with van der Waals surface area (Å²) >= 11 is 1.40. The van der Waals surface area contributed by atoms with Crippen molar-refractivity contribution >= 4 is 23.3 Å². The highest BCUT2D eigenvalue weighted by molar-refractivity contribution is 7.11. The van der Waals surface area contributed by atoms with Crippen LogP contribution in [0.5, 0.6) is 0 Å². The number of carbonyl (C=O) groups excluding carboxylic acids is 1. The minimum atomic E-state index is -4.65. The molecule has 1 aromatic heterocycles. The van der Waals surface area contributed by atoms with E-state index < -0.39 is 31.3 Å². The molecule has 2 amide bonds. The number of aryl methyl sites for hydroxylation is 1. The van der Waals surface area contributed by atoms with Crippen LogP contribution in [-0.2, 0) is 11.3 Å². The van der Waals surface area contributed by atoms with Crippen LogP contribution in [0.1, 0.15) is 9.75 Å². The van der Waals surface area contributed by atoms with Crippen LogP contribution in [0.3, 0.4) is 0 Å². The van der Waals surface area contributed by atoms with Crippen molar-refractivity contribution in [2.75, 3.05) is 13.1 Å². The molecule has 0 atom stereocenters. The number of carboxylic acids is 1. The number of thiophene rings is 1. The number of urea groups is 1. The lowest BCUT2D eigenvalue weighted by atomic mass is 10.4. The Hall–Kier alpha value is -1.77. The van der Waals surface area contributed by atoms with Gasteiger partial charge in [0.2, 0.25) is 0 Å². The monoisotopic (exact) mass is 310 g/mol. The number of amides is 2. The van der Waals surface area contributed by atoms with Gasteiger partial charge in [-0.25, -0.2) is 4.79 Å². The second kappa shape index (κ2) is 6.60. The van der Waals surface area contributed by atoms with E-state index in [2.05, 4.69) is 5.32 Å². The lowest BCUT2D eigenvalue weighted by molar-refractivity contribution is -0.148. The molecule has 0 aliphatic heterocycles. The highest BCUT2D eigenvalue weighted by Gasteiger charge is 2.33. The summed E-state index contributed by atoms with van der Waals surface area (Å²) in [5, 5.41) is 10.8. The summed E-state index contributed by atoms with van der Waals surface area (Å²) in [5.41, 5.74) is 0. The smallest absolute Gasteiger partial charge is 0.406 e. The Morgan fingerprint density at radius 2 is 2.05 bits per heavy atom. The average Bonchev–Trinajstić information content (AvgIpc) is 2.68. The van der Waals surface area contributed by atoms with E-state index in [1.54, 1.807) is 6.07 Å². The van der Waals surface area contributed by atoms with Crippen LogP contribution in [-0.4, -0.2) is 41.3 Å². The van der Waals surface area contributed by atoms with Gasteiger partial charge in [0, 0.05) is 9.75 Å². The molecule has 1 aromatic rings. The molecule has 0 aromatic carbocycles. The molecule has 5 nitrogen and oxygen atoms in total. The van der Waals surface area contributed by atoms with Crippen molar-refractivity contribution in [1.29, 1.82) is 0 Å². The second-order valence-electron chi connectivity index (χ2n) is 4.04. The Labute approximate surface area is 117 Å². The van der Waals surface area contributed by atoms with Gasteiger partial charge in [-0.05, 0) is 19.1 Å². The van der Waals surface area contributed by atoms with E-state index in [0.717, 1.165) is 9.75 Å². The van der Waals surface area contributed by atoms with Gasteiger partial charge >= 0.3 is 18.2 Å². The summed E-state index contributed by atoms with van der Waals surface area (Å²) in [5.74, 6) is -1.50. The van der Waals surface area contributed by atoms with Gasteiger partial charge in [0.25, 0.3) is 0 Å². The van der Waals surface area contributed by atoms with Gasteiger partial charge in [-0.3, -0.25) is 4.79 Å². The zero-order chi connectivity index (χ0) is 15.3. The quantitative estimate of drug-likeness (QED) is 0.876. The van der Waals surface area contributed by atoms with E-state index >= 15 is 0 Å². The maximum absolute atomic E-state index is 12.3. The first-order valence-electron chi connectivity index (χ1n) is 5.54. The van der Waals surface area contributed by atoms with E-state index in [9.17, 15) is 22.8 Å². The number of nitrogens with one attached hydrogen (secondary N) is 1. The molecule has 0 spiro atoms. The van der Waals surface area contributed by atoms with Crippen molar-refractivity contribution in [3.8, 4) is 0 Å². The summed E-state index contributed by atoms with van der Waals surface area (Å²) in [6, 6.07) is 2.50. The zero-order valence-electron chi connectivity index (χ0n) is 10.5. The van der Waals surface area contributed by atoms with Crippen molar-refractivity contribution in [1.82, 2.24) is 10.2 Å². The maximum Gasteiger partial charge on any atom is 0.406 e. The van der Waals surface area contributed by atoms with Gasteiger partial charge in [0.15, 0.2) is 0 Å². The molecular weight excluding hydrogens is 297 g/mol. The summed E-state index contributed by atoms with van der Waals surface area (Å²) in [7, 11) is 0. The fourth-order valence-electron chi connectivity index (χ4n) is 1.43. The minimum Gasteiger partial charge on any atom is -0.480 e. The molecule has 112 valence electrons. The van der Waals surface area contributed by atoms with Crippen molar-refractivity contribution < 1.29 is 27.9 Å². The van der Waals surface area contributed by atoms with Crippen molar-refractivity contribution in [2.24, 2.45) is 0 Å². The molecule has 9 heteroatoms. The lowest BCUT2D eigenvalue weighted by Crippen LogP contribution is -2.46. The Morgan fingerprint density at radius 3 is 2.50 bits per heavy atom. The van der Waals surface area contributed by atoms with Gasteiger partial charge in [0.05, 0.1) is 6.54 Å². The number of halogens is 3. The summed E-state index contributed by atoms with van der Waals surface area (Å²) < 4.78 is 36.8. The fraction of sp³-hybridized carbons (Fsp3) is 0.455. The molecule has 0 radical (unpaired) electrons. The van der Waals surface area contributed by atoms with E-state index in [1.807, 2.05) is 13.0 Å². The second-order valence-corrected chi connectivity index (χ2v) is 5.41. The van der Waals surface area contributed by atoms with Gasteiger partial charge < -0.3 is 15.3 Å². The fourth-order valence-corrected chi connectivity index (χ4v) is 2.26. The van der Waals surface area contributed by atoms with Crippen LogP contribution in [0.4, 0.5) is 18.0 Å². The van der Waals surface area contributed by atoms with Crippen LogP contribution in [0, 0.1) is 6.92 Å². The Kier molecular flexibility index (Phi) is 5.37. The number of hydrogen-bond acceptors (Lipinski definition) is 3. The molecule has 2 N–H and O–H groups in total. The molecule has 0 fully saturated rings. The number of alkyl halides is 3. The number of hydrogen-bond donors (Lipinski definition) is 2. The number of aliphatic carboxylic acids is 1. The Balaban J connectivity index is 2.60. The molecule has 0 saturated carbocycles. The molecule has 0 bridgehead atoms. The van der Waals surface area contributed by atoms with E-state index in [4.69, 9.17) is 5.11 Å². The maximum atomic E-state index is 12.3. The third-order valence-corrected chi connectivity index (χ3v) is 3.19. The highest BCUT2D eigenvalue weighted by atomic mass is 32.1. The van der Waals surface area contributed by atoms with Crippen LogP contribution in [0.2, 0.25) is 0 Å². The Bertz CT molecular complexity index is 488. The van der Waals surface area contributed by atoms with Crippen molar-refractivity contribution in [2.45, 2.75) is 19.6 Å². The SMILES string of the molecule is Cc1ccc(CNC(=O)N(CC(=O)O)CC(F)(F)F)s1. The standard InChI is InChI=1S/C11H13F3N2O3S/c1-7-2-3-8(20-7)4-15-10(19)16(5-9(17)18)6-11(12,13)14/h2-3H,4-6H2,1H3,(H,15,19)(H,17,18). The first-order chi connectivity index (χ1) is 9.17. The predicted molar refractivity (Wildman–Crippen MR) is 66.6 cm³/mol. The number of rotatable bonds is 5. The predicted octanol–water partition coefficient (Wildman–Crippen LogP) is 2.22. The minimum absolute atomic E-state index is 0.0608. The molecule has 0 saturated heterocycles. The summed E-state index contributed by atoms with van der Waals surface area (Å²) in [6.45, 7) is -0.689. The normalized spacial score (nSPS) is 11.2. The molecule has 0 unspecified atom stereocenters. The van der Waals surface area contributed by atoms with Crippen LogP contribution >= 0.6 is 11.3 Å². The van der Waals surface area contributed by atoms with Gasteiger partial charge in [-0.2, -0.15) is 13.2 Å². The van der Waals surface area contributed by atoms with Gasteiger partial charge in [0.1, 0.15) is 13.1 Å². The van der Waals surface area contributed by atoms with E-state index in [1.165, 1.54) is 11.3 Å². The largest absolute Gasteiger partial charge is 0.480 e. The third-order valence-electron chi connectivity index (χ3n) is 2.19. The zero-order valence-corrected chi connectivity index (χ0v) is 11.3. The van der Waals surface area contributed by atoms with Crippen molar-refractivity contribution in [3.05, 3.63) is 21.9 Å². The van der Waals surface area contributed by atoms with Crippen molar-refractivity contribution in [3.63, 3.8) is 0 Å². The molecular formula is C11H13F3N2O3S. The van der Waals surface area contributed by atoms with Gasteiger partial charge in [-0.1, -0.05) is 0 Å². The van der Waals surface area contributed by atoms with Crippen LogP contribution in [0.25, 0.3) is 0 Å².